The van der Waals surface area contributed by atoms with E-state index in [1.54, 1.807) is 0 Å². The Morgan fingerprint density at radius 3 is 2.24 bits per heavy atom. The van der Waals surface area contributed by atoms with Gasteiger partial charge >= 0.3 is 0 Å². The lowest BCUT2D eigenvalue weighted by atomic mass is 9.79. The predicted molar refractivity (Wildman–Crippen MR) is 107 cm³/mol. The average molecular weight is 363 g/mol. The average Bonchev–Trinajstić information content (AvgIpc) is 2.61. The molecule has 0 saturated heterocycles. The molecule has 1 aliphatic carbocycles. The van der Waals surface area contributed by atoms with Crippen molar-refractivity contribution in [3.8, 4) is 0 Å². The number of aryl methyl sites for hydroxylation is 1. The fourth-order valence-corrected chi connectivity index (χ4v) is 4.81. The first-order valence-corrected chi connectivity index (χ1v) is 11.4. The minimum Gasteiger partial charge on any atom is -0.299 e. The Morgan fingerprint density at radius 2 is 1.68 bits per heavy atom. The zero-order chi connectivity index (χ0) is 18.2. The molecule has 25 heavy (non-hydrogen) atoms. The van der Waals surface area contributed by atoms with Gasteiger partial charge in [0, 0.05) is 34.1 Å². The van der Waals surface area contributed by atoms with Crippen LogP contribution in [0.25, 0.3) is 0 Å². The summed E-state index contributed by atoms with van der Waals surface area (Å²) in [6.45, 7) is 6.26. The summed E-state index contributed by atoms with van der Waals surface area (Å²) in [6, 6.07) is 8.60. The Morgan fingerprint density at radius 1 is 1.08 bits per heavy atom. The lowest BCUT2D eigenvalue weighted by Gasteiger charge is -2.27. The lowest BCUT2D eigenvalue weighted by Crippen LogP contribution is -2.26. The van der Waals surface area contributed by atoms with E-state index >= 15 is 0 Å². The minimum atomic E-state index is -0.713. The van der Waals surface area contributed by atoms with Gasteiger partial charge in [0.2, 0.25) is 0 Å². The molecule has 0 heterocycles. The molecule has 1 saturated carbocycles. The fourth-order valence-electron chi connectivity index (χ4n) is 3.63. The maximum absolute atomic E-state index is 12.6. The number of hydrogen-bond donors (Lipinski definition) is 0. The molecule has 1 atom stereocenters. The van der Waals surface area contributed by atoms with Crippen LogP contribution in [0.4, 0.5) is 0 Å². The zero-order valence-corrected chi connectivity index (χ0v) is 16.9. The van der Waals surface area contributed by atoms with Gasteiger partial charge in [-0.15, -0.1) is 0 Å². The van der Waals surface area contributed by atoms with Gasteiger partial charge in [-0.25, -0.2) is 0 Å². The van der Waals surface area contributed by atoms with Crippen molar-refractivity contribution in [1.82, 2.24) is 0 Å². The van der Waals surface area contributed by atoms with E-state index in [1.165, 1.54) is 18.4 Å². The number of benzene rings is 1. The highest BCUT2D eigenvalue weighted by Crippen LogP contribution is 2.31. The molecule has 2 rings (SSSR count). The SMILES string of the molecule is CCCCc1ccc(CC(=O)C2CCC(CS(=O)C(C)C)CC2)cc1. The first kappa shape index (κ1) is 20.4. The molecule has 0 radical (unpaired) electrons. The van der Waals surface area contributed by atoms with Crippen LogP contribution < -0.4 is 0 Å². The van der Waals surface area contributed by atoms with Crippen LogP contribution in [0.1, 0.15) is 70.4 Å². The Labute approximate surface area is 156 Å². The second kappa shape index (κ2) is 10.3. The van der Waals surface area contributed by atoms with Crippen LogP contribution in [0.15, 0.2) is 24.3 Å². The monoisotopic (exact) mass is 362 g/mol. The Bertz CT molecular complexity index is 554. The van der Waals surface area contributed by atoms with E-state index in [1.807, 2.05) is 13.8 Å². The third-order valence-corrected chi connectivity index (χ3v) is 7.30. The molecular formula is C22H34O2S. The lowest BCUT2D eigenvalue weighted by molar-refractivity contribution is -0.123. The third-order valence-electron chi connectivity index (χ3n) is 5.45. The van der Waals surface area contributed by atoms with Gasteiger partial charge in [-0.3, -0.25) is 9.00 Å². The summed E-state index contributed by atoms with van der Waals surface area (Å²) in [5, 5.41) is 0.250. The molecule has 3 heteroatoms. The van der Waals surface area contributed by atoms with Crippen LogP contribution in [-0.4, -0.2) is 21.0 Å². The highest BCUT2D eigenvalue weighted by Gasteiger charge is 2.27. The minimum absolute atomic E-state index is 0.212. The molecule has 2 nitrogen and oxygen atoms in total. The maximum Gasteiger partial charge on any atom is 0.140 e. The molecule has 0 N–H and O–H groups in total. The molecule has 1 aliphatic rings. The number of ketones is 1. The summed E-state index contributed by atoms with van der Waals surface area (Å²) < 4.78 is 12.0. The number of unbranched alkanes of at least 4 members (excludes halogenated alkanes) is 1. The number of carbonyl (C=O) groups is 1. The standard InChI is InChI=1S/C22H34O2S/c1-4-5-6-18-7-9-19(10-8-18)15-22(23)21-13-11-20(12-14-21)16-25(24)17(2)3/h7-10,17,20-21H,4-6,11-16H2,1-3H3. The van der Waals surface area contributed by atoms with Crippen LogP contribution in [0, 0.1) is 11.8 Å². The quantitative estimate of drug-likeness (QED) is 0.612. The second-order valence-corrected chi connectivity index (χ2v) is 9.91. The molecule has 1 aromatic carbocycles. The smallest absolute Gasteiger partial charge is 0.140 e. The number of hydrogen-bond acceptors (Lipinski definition) is 2. The van der Waals surface area contributed by atoms with Gasteiger partial charge in [-0.2, -0.15) is 0 Å². The summed E-state index contributed by atoms with van der Waals surface area (Å²) in [4.78, 5) is 12.6. The van der Waals surface area contributed by atoms with E-state index in [0.717, 1.165) is 43.4 Å². The van der Waals surface area contributed by atoms with Crippen molar-refractivity contribution in [2.24, 2.45) is 11.8 Å². The number of rotatable bonds is 9. The van der Waals surface area contributed by atoms with Crippen molar-refractivity contribution in [2.45, 2.75) is 77.4 Å². The molecule has 140 valence electrons. The predicted octanol–water partition coefficient (Wildman–Crippen LogP) is 5.10. The van der Waals surface area contributed by atoms with Crippen molar-refractivity contribution >= 4 is 16.6 Å². The molecule has 1 unspecified atom stereocenters. The van der Waals surface area contributed by atoms with Gasteiger partial charge in [-0.1, -0.05) is 51.5 Å². The van der Waals surface area contributed by atoms with Crippen LogP contribution in [-0.2, 0) is 28.4 Å². The topological polar surface area (TPSA) is 34.1 Å². The molecule has 0 spiro atoms. The zero-order valence-electron chi connectivity index (χ0n) is 16.1. The van der Waals surface area contributed by atoms with Crippen molar-refractivity contribution in [1.29, 1.82) is 0 Å². The number of carbonyl (C=O) groups excluding carboxylic acids is 1. The van der Waals surface area contributed by atoms with E-state index in [-0.39, 0.29) is 11.2 Å². The summed E-state index contributed by atoms with van der Waals surface area (Å²) in [6.07, 6.45) is 8.22. The molecule has 0 amide bonds. The summed E-state index contributed by atoms with van der Waals surface area (Å²) in [5.41, 5.74) is 2.52. The van der Waals surface area contributed by atoms with E-state index in [2.05, 4.69) is 31.2 Å². The van der Waals surface area contributed by atoms with Gasteiger partial charge in [0.1, 0.15) is 5.78 Å². The van der Waals surface area contributed by atoms with Crippen molar-refractivity contribution in [2.75, 3.05) is 5.75 Å². The number of Topliss-reactive ketones (excluding diaryl/α,β-unsaturated/α-hetero) is 1. The Hall–Kier alpha value is -0.960. The van der Waals surface area contributed by atoms with Gasteiger partial charge in [0.25, 0.3) is 0 Å². The molecular weight excluding hydrogens is 328 g/mol. The second-order valence-electron chi connectivity index (χ2n) is 7.88. The van der Waals surface area contributed by atoms with Crippen LogP contribution >= 0.6 is 0 Å². The molecule has 0 aromatic heterocycles. The normalized spacial score (nSPS) is 22.1. The largest absolute Gasteiger partial charge is 0.299 e. The van der Waals surface area contributed by atoms with Gasteiger partial charge in [0.05, 0.1) is 0 Å². The van der Waals surface area contributed by atoms with Crippen molar-refractivity contribution < 1.29 is 9.00 Å². The van der Waals surface area contributed by atoms with Gasteiger partial charge in [0.15, 0.2) is 0 Å². The summed E-state index contributed by atoms with van der Waals surface area (Å²) >= 11 is 0. The first-order valence-electron chi connectivity index (χ1n) is 9.97. The van der Waals surface area contributed by atoms with Crippen molar-refractivity contribution in [3.05, 3.63) is 35.4 Å². The van der Waals surface area contributed by atoms with Crippen LogP contribution in [0.2, 0.25) is 0 Å². The van der Waals surface area contributed by atoms with E-state index in [4.69, 9.17) is 0 Å². The first-order chi connectivity index (χ1) is 12.0. The molecule has 0 aliphatic heterocycles. The van der Waals surface area contributed by atoms with Gasteiger partial charge < -0.3 is 0 Å². The highest BCUT2D eigenvalue weighted by atomic mass is 32.2. The third kappa shape index (κ3) is 6.69. The molecule has 0 bridgehead atoms. The van der Waals surface area contributed by atoms with E-state index in [9.17, 15) is 9.00 Å². The Balaban J connectivity index is 1.77. The Kier molecular flexibility index (Phi) is 8.35. The molecule has 1 fully saturated rings. The van der Waals surface area contributed by atoms with E-state index in [0.29, 0.717) is 18.1 Å². The summed E-state index contributed by atoms with van der Waals surface area (Å²) in [5.74, 6) is 1.97. The van der Waals surface area contributed by atoms with Crippen LogP contribution in [0.3, 0.4) is 0 Å². The van der Waals surface area contributed by atoms with Gasteiger partial charge in [-0.05, 0) is 55.6 Å². The maximum atomic E-state index is 12.6. The van der Waals surface area contributed by atoms with Crippen LogP contribution in [0.5, 0.6) is 0 Å². The fraction of sp³-hybridized carbons (Fsp3) is 0.682. The summed E-state index contributed by atoms with van der Waals surface area (Å²) in [7, 11) is -0.713. The molecule has 1 aromatic rings. The van der Waals surface area contributed by atoms with E-state index < -0.39 is 10.8 Å². The van der Waals surface area contributed by atoms with Crippen molar-refractivity contribution in [3.63, 3.8) is 0 Å². The highest BCUT2D eigenvalue weighted by molar-refractivity contribution is 7.85.